The molecule has 0 radical (unpaired) electrons. The lowest BCUT2D eigenvalue weighted by Crippen LogP contribution is -2.29. The van der Waals surface area contributed by atoms with Crippen LogP contribution in [0.25, 0.3) is 0 Å². The summed E-state index contributed by atoms with van der Waals surface area (Å²) >= 11 is 0. The van der Waals surface area contributed by atoms with Crippen LogP contribution in [-0.4, -0.2) is 35.4 Å². The maximum Gasteiger partial charge on any atom is 0.313 e. The number of nitrogens with zero attached hydrogens (tertiary/aromatic N) is 1. The number of amides is 1. The van der Waals surface area contributed by atoms with Crippen molar-refractivity contribution in [2.45, 2.75) is 51.8 Å². The van der Waals surface area contributed by atoms with Gasteiger partial charge in [0.2, 0.25) is 0 Å². The molecule has 36 heavy (non-hydrogen) atoms. The SMILES string of the molecule is CCOC(=O)[C@H](CC(=O)c1cc(C(=O)N[C@H](CC)c2ccccc2)c2n1CCOC2)c1ccccc1. The summed E-state index contributed by atoms with van der Waals surface area (Å²) in [6.45, 7) is 5.16. The summed E-state index contributed by atoms with van der Waals surface area (Å²) in [5.74, 6) is -1.61. The average Bonchev–Trinajstić information content (AvgIpc) is 3.31. The van der Waals surface area contributed by atoms with E-state index >= 15 is 0 Å². The van der Waals surface area contributed by atoms with Gasteiger partial charge in [-0.3, -0.25) is 14.4 Å². The second-order valence-electron chi connectivity index (χ2n) is 8.78. The molecule has 0 fully saturated rings. The van der Waals surface area contributed by atoms with Crippen molar-refractivity contribution in [1.82, 2.24) is 9.88 Å². The molecule has 0 aliphatic carbocycles. The van der Waals surface area contributed by atoms with Gasteiger partial charge >= 0.3 is 5.97 Å². The summed E-state index contributed by atoms with van der Waals surface area (Å²) in [4.78, 5) is 39.6. The minimum atomic E-state index is -0.718. The second kappa shape index (κ2) is 11.8. The van der Waals surface area contributed by atoms with Crippen LogP contribution in [0.2, 0.25) is 0 Å². The number of carbonyl (C=O) groups excluding carboxylic acids is 3. The molecule has 0 bridgehead atoms. The number of carbonyl (C=O) groups is 3. The molecule has 1 N–H and O–H groups in total. The zero-order chi connectivity index (χ0) is 25.5. The Bertz CT molecular complexity index is 1200. The van der Waals surface area contributed by atoms with E-state index in [9.17, 15) is 14.4 Å². The minimum Gasteiger partial charge on any atom is -0.466 e. The van der Waals surface area contributed by atoms with E-state index in [2.05, 4.69) is 5.32 Å². The Morgan fingerprint density at radius 2 is 1.67 bits per heavy atom. The highest BCUT2D eigenvalue weighted by Crippen LogP contribution is 2.28. The molecule has 1 aliphatic heterocycles. The first-order valence-corrected chi connectivity index (χ1v) is 12.4. The maximum absolute atomic E-state index is 13.5. The van der Waals surface area contributed by atoms with Crippen molar-refractivity contribution in [1.29, 1.82) is 0 Å². The van der Waals surface area contributed by atoms with Gasteiger partial charge in [-0.15, -0.1) is 0 Å². The molecule has 0 saturated heterocycles. The lowest BCUT2D eigenvalue weighted by Gasteiger charge is -2.21. The van der Waals surface area contributed by atoms with Crippen LogP contribution < -0.4 is 5.32 Å². The molecule has 2 atom stereocenters. The molecule has 4 rings (SSSR count). The van der Waals surface area contributed by atoms with Gasteiger partial charge in [-0.1, -0.05) is 67.6 Å². The predicted octanol–water partition coefficient (Wildman–Crippen LogP) is 4.82. The van der Waals surface area contributed by atoms with E-state index in [1.165, 1.54) is 0 Å². The molecular formula is C29H32N2O5. The first-order chi connectivity index (χ1) is 17.5. The summed E-state index contributed by atoms with van der Waals surface area (Å²) < 4.78 is 12.8. The van der Waals surface area contributed by atoms with Crippen molar-refractivity contribution < 1.29 is 23.9 Å². The highest BCUT2D eigenvalue weighted by molar-refractivity contribution is 6.03. The van der Waals surface area contributed by atoms with E-state index in [0.717, 1.165) is 17.5 Å². The molecule has 0 spiro atoms. The molecule has 2 heterocycles. The van der Waals surface area contributed by atoms with E-state index in [1.807, 2.05) is 72.2 Å². The lowest BCUT2D eigenvalue weighted by molar-refractivity contribution is -0.144. The van der Waals surface area contributed by atoms with Crippen LogP contribution in [0.4, 0.5) is 0 Å². The summed E-state index contributed by atoms with van der Waals surface area (Å²) in [5.41, 5.74) is 3.27. The van der Waals surface area contributed by atoms with Crippen molar-refractivity contribution in [3.8, 4) is 0 Å². The molecule has 0 unspecified atom stereocenters. The summed E-state index contributed by atoms with van der Waals surface area (Å²) in [7, 11) is 0. The fourth-order valence-corrected chi connectivity index (χ4v) is 4.65. The lowest BCUT2D eigenvalue weighted by atomic mass is 9.93. The van der Waals surface area contributed by atoms with Crippen LogP contribution in [0.3, 0.4) is 0 Å². The third-order valence-electron chi connectivity index (χ3n) is 6.51. The third-order valence-corrected chi connectivity index (χ3v) is 6.51. The van der Waals surface area contributed by atoms with Crippen LogP contribution in [0, 0.1) is 0 Å². The third kappa shape index (κ3) is 5.57. The van der Waals surface area contributed by atoms with Crippen LogP contribution in [0.15, 0.2) is 66.7 Å². The normalized spacial score (nSPS) is 14.4. The zero-order valence-corrected chi connectivity index (χ0v) is 20.7. The van der Waals surface area contributed by atoms with E-state index in [0.29, 0.717) is 30.1 Å². The standard InChI is InChI=1S/C29H32N2O5/c1-3-24(21-13-9-6-10-14-21)30-28(33)23-17-25(31-15-16-35-19-26(23)31)27(32)18-22(29(34)36-4-2)20-11-7-5-8-12-20/h5-14,17,22,24H,3-4,15-16,18-19H2,1-2H3,(H,30,33)/t22-,24-/m1/s1. The quantitative estimate of drug-likeness (QED) is 0.327. The van der Waals surface area contributed by atoms with Gasteiger partial charge in [0.05, 0.1) is 48.7 Å². The molecule has 7 nitrogen and oxygen atoms in total. The van der Waals surface area contributed by atoms with Crippen LogP contribution in [-0.2, 0) is 27.4 Å². The van der Waals surface area contributed by atoms with E-state index in [1.54, 1.807) is 13.0 Å². The number of ketones is 1. The topological polar surface area (TPSA) is 86.6 Å². The Balaban J connectivity index is 1.61. The number of fused-ring (bicyclic) bond motifs is 1. The first kappa shape index (κ1) is 25.4. The Labute approximate surface area is 211 Å². The van der Waals surface area contributed by atoms with E-state index < -0.39 is 11.9 Å². The largest absolute Gasteiger partial charge is 0.466 e. The number of ether oxygens (including phenoxy) is 2. The molecule has 1 amide bonds. The fourth-order valence-electron chi connectivity index (χ4n) is 4.65. The number of esters is 1. The Hall–Kier alpha value is -3.71. The summed E-state index contributed by atoms with van der Waals surface area (Å²) in [5, 5.41) is 3.11. The minimum absolute atomic E-state index is 0.0458. The van der Waals surface area contributed by atoms with E-state index in [-0.39, 0.29) is 37.4 Å². The van der Waals surface area contributed by atoms with Gasteiger partial charge in [0.25, 0.3) is 5.91 Å². The molecule has 0 saturated carbocycles. The Morgan fingerprint density at radius 3 is 2.31 bits per heavy atom. The summed E-state index contributed by atoms with van der Waals surface area (Å²) in [6, 6.07) is 20.5. The van der Waals surface area contributed by atoms with Crippen molar-refractivity contribution in [2.24, 2.45) is 0 Å². The summed E-state index contributed by atoms with van der Waals surface area (Å²) in [6.07, 6.45) is 0.683. The predicted molar refractivity (Wildman–Crippen MR) is 136 cm³/mol. The molecule has 3 aromatic rings. The van der Waals surface area contributed by atoms with Crippen LogP contribution >= 0.6 is 0 Å². The zero-order valence-electron chi connectivity index (χ0n) is 20.7. The fraction of sp³-hybridized carbons (Fsp3) is 0.345. The average molecular weight is 489 g/mol. The number of Topliss-reactive ketones (excluding diaryl/α,β-unsaturated/α-hetero) is 1. The molecule has 188 valence electrons. The second-order valence-corrected chi connectivity index (χ2v) is 8.78. The number of hydrogen-bond acceptors (Lipinski definition) is 5. The smallest absolute Gasteiger partial charge is 0.313 e. The van der Waals surface area contributed by atoms with Crippen LogP contribution in [0.5, 0.6) is 0 Å². The van der Waals surface area contributed by atoms with Gasteiger partial charge in [-0.25, -0.2) is 0 Å². The Kier molecular flexibility index (Phi) is 8.33. The number of hydrogen-bond donors (Lipinski definition) is 1. The number of rotatable bonds is 10. The van der Waals surface area contributed by atoms with Crippen molar-refractivity contribution in [2.75, 3.05) is 13.2 Å². The first-order valence-electron chi connectivity index (χ1n) is 12.4. The number of nitrogens with one attached hydrogen (secondary N) is 1. The van der Waals surface area contributed by atoms with Crippen LogP contribution in [0.1, 0.15) is 76.3 Å². The Morgan fingerprint density at radius 1 is 1.00 bits per heavy atom. The maximum atomic E-state index is 13.5. The molecule has 1 aromatic heterocycles. The van der Waals surface area contributed by atoms with Gasteiger partial charge in [0, 0.05) is 13.0 Å². The van der Waals surface area contributed by atoms with Gasteiger partial charge in [-0.2, -0.15) is 0 Å². The number of aromatic nitrogens is 1. The van der Waals surface area contributed by atoms with Gasteiger partial charge in [0.15, 0.2) is 5.78 Å². The number of benzene rings is 2. The monoisotopic (exact) mass is 488 g/mol. The molecule has 2 aromatic carbocycles. The van der Waals surface area contributed by atoms with Gasteiger partial charge in [-0.05, 0) is 30.5 Å². The van der Waals surface area contributed by atoms with Gasteiger partial charge < -0.3 is 19.4 Å². The molecular weight excluding hydrogens is 456 g/mol. The van der Waals surface area contributed by atoms with Crippen molar-refractivity contribution in [3.05, 3.63) is 94.8 Å². The van der Waals surface area contributed by atoms with Crippen molar-refractivity contribution in [3.63, 3.8) is 0 Å². The molecule has 7 heteroatoms. The molecule has 1 aliphatic rings. The highest BCUT2D eigenvalue weighted by atomic mass is 16.5. The van der Waals surface area contributed by atoms with E-state index in [4.69, 9.17) is 9.47 Å². The van der Waals surface area contributed by atoms with Gasteiger partial charge in [0.1, 0.15) is 0 Å². The highest BCUT2D eigenvalue weighted by Gasteiger charge is 2.31. The van der Waals surface area contributed by atoms with Crippen molar-refractivity contribution >= 4 is 17.7 Å².